The first-order valence-corrected chi connectivity index (χ1v) is 8.82. The summed E-state index contributed by atoms with van der Waals surface area (Å²) in [6.07, 6.45) is 0.101. The highest BCUT2D eigenvalue weighted by Crippen LogP contribution is 2.25. The number of benzene rings is 1. The van der Waals surface area contributed by atoms with E-state index in [-0.39, 0.29) is 31.3 Å². The van der Waals surface area contributed by atoms with Crippen molar-refractivity contribution in [1.29, 1.82) is 0 Å². The zero-order valence-electron chi connectivity index (χ0n) is 13.8. The number of methoxy groups -OCH3 is 1. The Bertz CT molecular complexity index is 662. The van der Waals surface area contributed by atoms with Gasteiger partial charge in [-0.25, -0.2) is 12.8 Å². The number of carboxylic acid groups (broad SMARTS) is 1. The summed E-state index contributed by atoms with van der Waals surface area (Å²) >= 11 is 0. The lowest BCUT2D eigenvalue weighted by atomic mass is 10.1. The van der Waals surface area contributed by atoms with E-state index in [4.69, 9.17) is 9.47 Å². The zero-order valence-corrected chi connectivity index (χ0v) is 14.6. The Balaban J connectivity index is 3.11. The summed E-state index contributed by atoms with van der Waals surface area (Å²) in [5.74, 6) is -2.19. The highest BCUT2D eigenvalue weighted by Gasteiger charge is 2.28. The first kappa shape index (κ1) is 20.3. The van der Waals surface area contributed by atoms with Crippen LogP contribution in [0.15, 0.2) is 23.1 Å². The fourth-order valence-electron chi connectivity index (χ4n) is 1.97. The summed E-state index contributed by atoms with van der Waals surface area (Å²) in [7, 11) is -2.82. The first-order valence-electron chi connectivity index (χ1n) is 7.33. The van der Waals surface area contributed by atoms with Gasteiger partial charge in [0.15, 0.2) is 0 Å². The van der Waals surface area contributed by atoms with Crippen LogP contribution in [0, 0.1) is 11.7 Å². The second-order valence-electron chi connectivity index (χ2n) is 5.57. The van der Waals surface area contributed by atoms with E-state index in [1.165, 1.54) is 13.2 Å². The molecule has 0 unspecified atom stereocenters. The Kier molecular flexibility index (Phi) is 7.59. The van der Waals surface area contributed by atoms with E-state index in [1.807, 2.05) is 0 Å². The Morgan fingerprint density at radius 3 is 2.54 bits per heavy atom. The van der Waals surface area contributed by atoms with E-state index in [1.54, 1.807) is 13.8 Å². The molecule has 0 bridgehead atoms. The molecule has 0 aliphatic heterocycles. The Morgan fingerprint density at radius 1 is 1.33 bits per heavy atom. The zero-order chi connectivity index (χ0) is 18.3. The molecule has 1 atom stereocenters. The van der Waals surface area contributed by atoms with Crippen LogP contribution >= 0.6 is 0 Å². The molecule has 0 saturated carbocycles. The van der Waals surface area contributed by atoms with Gasteiger partial charge in [-0.2, -0.15) is 4.72 Å². The molecule has 1 rings (SSSR count). The van der Waals surface area contributed by atoms with Crippen molar-refractivity contribution in [2.75, 3.05) is 20.3 Å². The fraction of sp³-hybridized carbons (Fsp3) is 0.533. The summed E-state index contributed by atoms with van der Waals surface area (Å²) in [6.45, 7) is 3.83. The maximum absolute atomic E-state index is 13.5. The molecule has 0 amide bonds. The van der Waals surface area contributed by atoms with Crippen LogP contribution in [0.5, 0.6) is 5.75 Å². The van der Waals surface area contributed by atoms with E-state index in [9.17, 15) is 22.7 Å². The summed E-state index contributed by atoms with van der Waals surface area (Å²) in [5, 5.41) is 9.18. The molecule has 9 heteroatoms. The van der Waals surface area contributed by atoms with Crippen LogP contribution in [0.2, 0.25) is 0 Å². The van der Waals surface area contributed by atoms with Crippen molar-refractivity contribution >= 4 is 16.0 Å². The van der Waals surface area contributed by atoms with Crippen molar-refractivity contribution in [3.05, 3.63) is 24.0 Å². The smallest absolute Gasteiger partial charge is 0.321 e. The van der Waals surface area contributed by atoms with Gasteiger partial charge >= 0.3 is 5.97 Å². The minimum absolute atomic E-state index is 0.0428. The van der Waals surface area contributed by atoms with E-state index in [0.717, 1.165) is 12.1 Å². The van der Waals surface area contributed by atoms with Crippen molar-refractivity contribution in [2.45, 2.75) is 31.2 Å². The van der Waals surface area contributed by atoms with Crippen LogP contribution in [0.25, 0.3) is 0 Å². The van der Waals surface area contributed by atoms with Gasteiger partial charge in [-0.1, -0.05) is 13.8 Å². The molecule has 0 aliphatic rings. The first-order chi connectivity index (χ1) is 11.2. The highest BCUT2D eigenvalue weighted by atomic mass is 32.2. The molecular formula is C15H22FNO6S. The number of sulfonamides is 1. The number of carboxylic acids is 1. The van der Waals surface area contributed by atoms with Gasteiger partial charge in [0, 0.05) is 7.11 Å². The fourth-order valence-corrected chi connectivity index (χ4v) is 3.33. The van der Waals surface area contributed by atoms with E-state index >= 15 is 0 Å². The van der Waals surface area contributed by atoms with Crippen molar-refractivity contribution < 1.29 is 32.2 Å². The molecule has 0 heterocycles. The molecule has 2 N–H and O–H groups in total. The van der Waals surface area contributed by atoms with Gasteiger partial charge in [-0.3, -0.25) is 4.79 Å². The summed E-state index contributed by atoms with van der Waals surface area (Å²) in [4.78, 5) is 10.8. The van der Waals surface area contributed by atoms with Crippen LogP contribution in [-0.4, -0.2) is 45.9 Å². The summed E-state index contributed by atoms with van der Waals surface area (Å²) in [5.41, 5.74) is 0. The normalized spacial score (nSPS) is 13.0. The van der Waals surface area contributed by atoms with Crippen molar-refractivity contribution in [3.8, 4) is 5.75 Å². The van der Waals surface area contributed by atoms with Crippen LogP contribution in [-0.2, 0) is 19.6 Å². The maximum atomic E-state index is 13.5. The molecule has 0 saturated heterocycles. The van der Waals surface area contributed by atoms with Gasteiger partial charge in [0.2, 0.25) is 10.0 Å². The minimum Gasteiger partial charge on any atom is -0.490 e. The van der Waals surface area contributed by atoms with Crippen molar-refractivity contribution in [1.82, 2.24) is 4.72 Å². The average Bonchev–Trinajstić information content (AvgIpc) is 2.47. The number of aliphatic carboxylic acids is 1. The van der Waals surface area contributed by atoms with E-state index in [0.29, 0.717) is 0 Å². The molecule has 0 fully saturated rings. The number of carbonyl (C=O) groups is 1. The van der Waals surface area contributed by atoms with Gasteiger partial charge in [0.05, 0.1) is 6.61 Å². The predicted molar refractivity (Wildman–Crippen MR) is 85.0 cm³/mol. The summed E-state index contributed by atoms with van der Waals surface area (Å²) in [6, 6.07) is 1.71. The molecule has 0 aliphatic carbocycles. The van der Waals surface area contributed by atoms with Crippen LogP contribution < -0.4 is 9.46 Å². The average molecular weight is 363 g/mol. The third kappa shape index (κ3) is 6.06. The number of halogens is 1. The number of hydrogen-bond donors (Lipinski definition) is 2. The minimum atomic E-state index is -4.28. The second kappa shape index (κ2) is 8.95. The number of hydrogen-bond acceptors (Lipinski definition) is 5. The lowest BCUT2D eigenvalue weighted by molar-refractivity contribution is -0.139. The van der Waals surface area contributed by atoms with Crippen LogP contribution in [0.1, 0.15) is 20.3 Å². The molecule has 136 valence electrons. The molecule has 0 aromatic heterocycles. The van der Waals surface area contributed by atoms with Gasteiger partial charge in [0.25, 0.3) is 0 Å². The van der Waals surface area contributed by atoms with Gasteiger partial charge < -0.3 is 14.6 Å². The largest absolute Gasteiger partial charge is 0.490 e. The highest BCUT2D eigenvalue weighted by molar-refractivity contribution is 7.89. The Hall–Kier alpha value is -1.71. The predicted octanol–water partition coefficient (Wildman–Crippen LogP) is 1.63. The second-order valence-corrected chi connectivity index (χ2v) is 7.26. The third-order valence-electron chi connectivity index (χ3n) is 3.04. The molecule has 24 heavy (non-hydrogen) atoms. The monoisotopic (exact) mass is 363 g/mol. The lowest BCUT2D eigenvalue weighted by Crippen LogP contribution is -2.41. The van der Waals surface area contributed by atoms with Gasteiger partial charge in [-0.15, -0.1) is 0 Å². The number of nitrogens with one attached hydrogen (secondary N) is 1. The molecule has 1 aromatic carbocycles. The van der Waals surface area contributed by atoms with Gasteiger partial charge in [-0.05, 0) is 30.5 Å². The maximum Gasteiger partial charge on any atom is 0.321 e. The lowest BCUT2D eigenvalue weighted by Gasteiger charge is -2.18. The third-order valence-corrected chi connectivity index (χ3v) is 4.54. The van der Waals surface area contributed by atoms with E-state index < -0.39 is 32.7 Å². The van der Waals surface area contributed by atoms with Gasteiger partial charge in [0.1, 0.15) is 29.1 Å². The number of ether oxygens (including phenoxy) is 2. The Labute approximate surface area is 140 Å². The molecular weight excluding hydrogens is 341 g/mol. The SMILES string of the molecule is COCCOc1ccc(F)cc1S(=O)(=O)N[C@@H](CC(C)C)C(=O)O. The Morgan fingerprint density at radius 2 is 2.00 bits per heavy atom. The van der Waals surface area contributed by atoms with Crippen molar-refractivity contribution in [3.63, 3.8) is 0 Å². The molecule has 0 radical (unpaired) electrons. The standard InChI is InChI=1S/C15H22FNO6S/c1-10(2)8-12(15(18)19)17-24(20,21)14-9-11(16)4-5-13(14)23-7-6-22-3/h4-5,9-10,12,17H,6-8H2,1-3H3,(H,18,19)/t12-/m0/s1. The van der Waals surface area contributed by atoms with Crippen molar-refractivity contribution in [2.24, 2.45) is 5.92 Å². The molecule has 0 spiro atoms. The molecule has 7 nitrogen and oxygen atoms in total. The quantitative estimate of drug-likeness (QED) is 0.613. The topological polar surface area (TPSA) is 102 Å². The summed E-state index contributed by atoms with van der Waals surface area (Å²) < 4.78 is 50.6. The number of rotatable bonds is 10. The molecule has 1 aromatic rings. The van der Waals surface area contributed by atoms with E-state index in [2.05, 4.69) is 4.72 Å². The van der Waals surface area contributed by atoms with Crippen LogP contribution in [0.4, 0.5) is 4.39 Å². The van der Waals surface area contributed by atoms with Crippen LogP contribution in [0.3, 0.4) is 0 Å².